The van der Waals surface area contributed by atoms with Crippen molar-refractivity contribution in [3.8, 4) is 0 Å². The molecule has 0 unspecified atom stereocenters. The molecule has 2 heterocycles. The summed E-state index contributed by atoms with van der Waals surface area (Å²) in [6.07, 6.45) is 2.28. The summed E-state index contributed by atoms with van der Waals surface area (Å²) < 4.78 is 0. The van der Waals surface area contributed by atoms with Gasteiger partial charge in [-0.1, -0.05) is 0 Å². The maximum absolute atomic E-state index is 10.5. The Balaban J connectivity index is 2.00. The van der Waals surface area contributed by atoms with Gasteiger partial charge in [-0.2, -0.15) is 0 Å². The van der Waals surface area contributed by atoms with Crippen molar-refractivity contribution < 1.29 is 9.90 Å². The summed E-state index contributed by atoms with van der Waals surface area (Å²) in [7, 11) is 0. The van der Waals surface area contributed by atoms with E-state index in [9.17, 15) is 4.79 Å². The summed E-state index contributed by atoms with van der Waals surface area (Å²) in [5.41, 5.74) is 0. The predicted octanol–water partition coefficient (Wildman–Crippen LogP) is 0.165. The third-order valence-corrected chi connectivity index (χ3v) is 2.63. The molecule has 0 aromatic rings. The Morgan fingerprint density at radius 3 is 3.00 bits per heavy atom. The van der Waals surface area contributed by atoms with Gasteiger partial charge in [0.25, 0.3) is 0 Å². The summed E-state index contributed by atoms with van der Waals surface area (Å²) in [4.78, 5) is 12.8. The molecular weight excluding hydrogens is 130 g/mol. The Morgan fingerprint density at radius 2 is 2.40 bits per heavy atom. The predicted molar refractivity (Wildman–Crippen MR) is 35.7 cm³/mol. The van der Waals surface area contributed by atoms with Crippen LogP contribution in [0.2, 0.25) is 0 Å². The van der Waals surface area contributed by atoms with Crippen molar-refractivity contribution in [2.45, 2.75) is 18.9 Å². The molecule has 2 fully saturated rings. The number of nitrogens with zero attached hydrogens (tertiary/aromatic N) is 1. The molecule has 2 rings (SSSR count). The maximum atomic E-state index is 10.5. The zero-order valence-electron chi connectivity index (χ0n) is 5.79. The first kappa shape index (κ1) is 6.16. The van der Waals surface area contributed by atoms with E-state index in [1.807, 2.05) is 0 Å². The average Bonchev–Trinajstić information content (AvgIpc) is 2.11. The van der Waals surface area contributed by atoms with Crippen LogP contribution >= 0.6 is 0 Å². The van der Waals surface area contributed by atoms with Crippen LogP contribution in [0.1, 0.15) is 12.8 Å². The highest BCUT2D eigenvalue weighted by Gasteiger charge is 2.45. The molecule has 0 amide bonds. The van der Waals surface area contributed by atoms with Gasteiger partial charge in [0.2, 0.25) is 0 Å². The first-order valence-corrected chi connectivity index (χ1v) is 3.76. The number of carboxylic acids is 1. The third-order valence-electron chi connectivity index (χ3n) is 2.63. The van der Waals surface area contributed by atoms with Gasteiger partial charge in [0.15, 0.2) is 0 Å². The highest BCUT2D eigenvalue weighted by atomic mass is 16.4. The van der Waals surface area contributed by atoms with Crippen molar-refractivity contribution in [3.63, 3.8) is 0 Å². The molecule has 2 aliphatic rings. The Morgan fingerprint density at radius 1 is 1.60 bits per heavy atom. The van der Waals surface area contributed by atoms with E-state index >= 15 is 0 Å². The highest BCUT2D eigenvalue weighted by Crippen LogP contribution is 2.33. The van der Waals surface area contributed by atoms with Crippen LogP contribution in [-0.2, 0) is 4.79 Å². The van der Waals surface area contributed by atoms with Crippen LogP contribution in [-0.4, -0.2) is 35.1 Å². The van der Waals surface area contributed by atoms with E-state index in [0.29, 0.717) is 6.04 Å². The van der Waals surface area contributed by atoms with Crippen molar-refractivity contribution in [2.24, 2.45) is 5.92 Å². The molecule has 3 heteroatoms. The van der Waals surface area contributed by atoms with Gasteiger partial charge >= 0.3 is 5.97 Å². The van der Waals surface area contributed by atoms with Gasteiger partial charge in [-0.15, -0.1) is 0 Å². The molecule has 0 spiro atoms. The van der Waals surface area contributed by atoms with Gasteiger partial charge in [-0.25, -0.2) is 0 Å². The monoisotopic (exact) mass is 141 g/mol. The number of fused-ring (bicyclic) bond motifs is 1. The summed E-state index contributed by atoms with van der Waals surface area (Å²) in [6, 6.07) is 0.387. The number of rotatable bonds is 1. The fraction of sp³-hybridized carbons (Fsp3) is 0.857. The van der Waals surface area contributed by atoms with Gasteiger partial charge in [0, 0.05) is 12.6 Å². The largest absolute Gasteiger partial charge is 0.481 e. The van der Waals surface area contributed by atoms with Gasteiger partial charge in [-0.3, -0.25) is 9.69 Å². The van der Waals surface area contributed by atoms with Crippen LogP contribution in [0.3, 0.4) is 0 Å². The van der Waals surface area contributed by atoms with E-state index in [-0.39, 0.29) is 5.92 Å². The first-order chi connectivity index (χ1) is 4.79. The van der Waals surface area contributed by atoms with Crippen molar-refractivity contribution in [1.29, 1.82) is 0 Å². The molecule has 10 heavy (non-hydrogen) atoms. The Bertz CT molecular complexity index is 169. The number of aliphatic carboxylic acids is 1. The minimum absolute atomic E-state index is 0.0532. The summed E-state index contributed by atoms with van der Waals surface area (Å²) in [5.74, 6) is -0.661. The lowest BCUT2D eigenvalue weighted by Gasteiger charge is -2.40. The molecule has 2 saturated heterocycles. The van der Waals surface area contributed by atoms with E-state index in [2.05, 4.69) is 4.90 Å². The average molecular weight is 141 g/mol. The number of hydrogen-bond donors (Lipinski definition) is 1. The lowest BCUT2D eigenvalue weighted by Crippen LogP contribution is -2.55. The normalized spacial score (nSPS) is 38.8. The van der Waals surface area contributed by atoms with Crippen molar-refractivity contribution in [3.05, 3.63) is 0 Å². The Hall–Kier alpha value is -0.570. The van der Waals surface area contributed by atoms with E-state index in [1.165, 1.54) is 6.42 Å². The Labute approximate surface area is 59.6 Å². The van der Waals surface area contributed by atoms with Gasteiger partial charge in [0.1, 0.15) is 0 Å². The van der Waals surface area contributed by atoms with Gasteiger partial charge in [-0.05, 0) is 19.4 Å². The fourth-order valence-corrected chi connectivity index (χ4v) is 2.01. The quantitative estimate of drug-likeness (QED) is 0.565. The summed E-state index contributed by atoms with van der Waals surface area (Å²) >= 11 is 0. The standard InChI is InChI=1S/C7H11NO2/c9-7(10)5-4-8-3-1-2-6(5)8/h5-6H,1-4H2,(H,9,10)/t5-,6-/m0/s1. The van der Waals surface area contributed by atoms with E-state index in [0.717, 1.165) is 19.5 Å². The van der Waals surface area contributed by atoms with Crippen LogP contribution in [0, 0.1) is 5.92 Å². The zero-order chi connectivity index (χ0) is 7.14. The zero-order valence-corrected chi connectivity index (χ0v) is 5.79. The number of carboxylic acid groups (broad SMARTS) is 1. The summed E-state index contributed by atoms with van der Waals surface area (Å²) in [6.45, 7) is 1.91. The second-order valence-corrected chi connectivity index (χ2v) is 3.15. The van der Waals surface area contributed by atoms with Crippen LogP contribution < -0.4 is 0 Å². The van der Waals surface area contributed by atoms with Gasteiger partial charge in [0.05, 0.1) is 5.92 Å². The van der Waals surface area contributed by atoms with E-state index in [1.54, 1.807) is 0 Å². The molecular formula is C7H11NO2. The molecule has 0 radical (unpaired) electrons. The third kappa shape index (κ3) is 0.669. The molecule has 0 aliphatic carbocycles. The van der Waals surface area contributed by atoms with E-state index in [4.69, 9.17) is 5.11 Å². The minimum atomic E-state index is -0.608. The molecule has 0 aromatic heterocycles. The summed E-state index contributed by atoms with van der Waals surface area (Å²) in [5, 5.41) is 8.65. The van der Waals surface area contributed by atoms with E-state index < -0.39 is 5.97 Å². The second kappa shape index (κ2) is 1.95. The second-order valence-electron chi connectivity index (χ2n) is 3.15. The molecule has 0 aromatic carbocycles. The van der Waals surface area contributed by atoms with Crippen LogP contribution in [0.5, 0.6) is 0 Å². The number of carbonyl (C=O) groups is 1. The van der Waals surface area contributed by atoms with Crippen molar-refractivity contribution in [2.75, 3.05) is 13.1 Å². The Kier molecular flexibility index (Phi) is 1.20. The lowest BCUT2D eigenvalue weighted by atomic mass is 9.90. The smallest absolute Gasteiger partial charge is 0.309 e. The molecule has 2 atom stereocenters. The van der Waals surface area contributed by atoms with Crippen LogP contribution in [0.4, 0.5) is 0 Å². The molecule has 0 bridgehead atoms. The van der Waals surface area contributed by atoms with Crippen molar-refractivity contribution >= 4 is 5.97 Å². The minimum Gasteiger partial charge on any atom is -0.481 e. The van der Waals surface area contributed by atoms with Crippen LogP contribution in [0.15, 0.2) is 0 Å². The number of hydrogen-bond acceptors (Lipinski definition) is 2. The van der Waals surface area contributed by atoms with Gasteiger partial charge < -0.3 is 5.11 Å². The topological polar surface area (TPSA) is 40.5 Å². The molecule has 2 aliphatic heterocycles. The molecule has 3 nitrogen and oxygen atoms in total. The molecule has 1 N–H and O–H groups in total. The molecule has 56 valence electrons. The SMILES string of the molecule is O=C(O)[C@H]1CN2CCC[C@@H]12. The highest BCUT2D eigenvalue weighted by molar-refractivity contribution is 5.72. The van der Waals surface area contributed by atoms with Crippen LogP contribution in [0.25, 0.3) is 0 Å². The maximum Gasteiger partial charge on any atom is 0.309 e. The molecule has 0 saturated carbocycles. The first-order valence-electron chi connectivity index (χ1n) is 3.76. The fourth-order valence-electron chi connectivity index (χ4n) is 2.01. The lowest BCUT2D eigenvalue weighted by molar-refractivity contribution is -0.150. The van der Waals surface area contributed by atoms with Crippen molar-refractivity contribution in [1.82, 2.24) is 4.90 Å².